The van der Waals surface area contributed by atoms with E-state index in [4.69, 9.17) is 12.2 Å². The summed E-state index contributed by atoms with van der Waals surface area (Å²) in [5.41, 5.74) is 1.14. The number of thiocarbonyl (C=S) groups is 1. The molecule has 0 bridgehead atoms. The number of carbonyl (C=O) groups is 2. The van der Waals surface area contributed by atoms with Gasteiger partial charge in [-0.25, -0.2) is 4.79 Å². The van der Waals surface area contributed by atoms with E-state index >= 15 is 0 Å². The predicted molar refractivity (Wildman–Crippen MR) is 93.1 cm³/mol. The average molecular weight is 348 g/mol. The van der Waals surface area contributed by atoms with Gasteiger partial charge in [0.2, 0.25) is 0 Å². The van der Waals surface area contributed by atoms with Crippen LogP contribution in [0.4, 0.5) is 0 Å². The molecule has 1 aromatic rings. The summed E-state index contributed by atoms with van der Waals surface area (Å²) in [5, 5.41) is 12.2. The molecule has 1 saturated heterocycles. The maximum Gasteiger partial charge on any atom is 0.352 e. The number of β-lactam (4-membered cyclic amide) rings is 1. The molecule has 3 atom stereocenters. The van der Waals surface area contributed by atoms with Gasteiger partial charge in [-0.2, -0.15) is 0 Å². The minimum Gasteiger partial charge on any atom is -0.477 e. The van der Waals surface area contributed by atoms with Crippen molar-refractivity contribution in [2.45, 2.75) is 30.0 Å². The summed E-state index contributed by atoms with van der Waals surface area (Å²) in [4.78, 5) is 25.5. The van der Waals surface area contributed by atoms with Gasteiger partial charge < -0.3 is 10.4 Å². The van der Waals surface area contributed by atoms with E-state index in [2.05, 4.69) is 5.32 Å². The molecule has 0 aliphatic carbocycles. The highest BCUT2D eigenvalue weighted by atomic mass is 32.2. The summed E-state index contributed by atoms with van der Waals surface area (Å²) < 4.78 is 0. The number of thioether (sulfide) groups is 1. The van der Waals surface area contributed by atoms with Crippen molar-refractivity contribution in [3.8, 4) is 0 Å². The standard InChI is InChI=1S/C16H16N2O3S2/c1-9-7-11(16(20)21)18-14(19)13(15(18)23-9)17-12(22)8-10-5-3-2-4-6-10/h2-7,9,13,15H,8H2,1H3,(H,17,22)(H,20,21)/t9?,13?,15-/m1/s1. The van der Waals surface area contributed by atoms with Crippen LogP contribution in [0.2, 0.25) is 0 Å². The lowest BCUT2D eigenvalue weighted by atomic mass is 10.0. The Morgan fingerprint density at radius 2 is 2.09 bits per heavy atom. The molecule has 5 nitrogen and oxygen atoms in total. The number of carboxylic acid groups (broad SMARTS) is 1. The summed E-state index contributed by atoms with van der Waals surface area (Å²) in [6.07, 6.45) is 2.18. The minimum absolute atomic E-state index is 0.0439. The Morgan fingerprint density at radius 1 is 1.39 bits per heavy atom. The van der Waals surface area contributed by atoms with Gasteiger partial charge in [0, 0.05) is 11.7 Å². The van der Waals surface area contributed by atoms with E-state index in [1.165, 1.54) is 4.90 Å². The minimum atomic E-state index is -1.07. The number of carbonyl (C=O) groups excluding carboxylic acids is 1. The molecule has 0 radical (unpaired) electrons. The van der Waals surface area contributed by atoms with E-state index in [1.54, 1.807) is 17.8 Å². The molecular formula is C16H16N2O3S2. The van der Waals surface area contributed by atoms with E-state index in [0.717, 1.165) is 5.56 Å². The average Bonchev–Trinajstić information content (AvgIpc) is 2.52. The van der Waals surface area contributed by atoms with Gasteiger partial charge in [0.05, 0.1) is 4.99 Å². The Balaban J connectivity index is 1.67. The topological polar surface area (TPSA) is 69.6 Å². The third-order valence-electron chi connectivity index (χ3n) is 3.79. The fourth-order valence-electron chi connectivity index (χ4n) is 2.73. The number of aliphatic carboxylic acids is 1. The van der Waals surface area contributed by atoms with E-state index in [-0.39, 0.29) is 22.2 Å². The zero-order chi connectivity index (χ0) is 16.6. The number of carboxylic acids is 1. The SMILES string of the molecule is CC1C=C(C(=O)O)N2C(=O)C(NC(=S)Cc3ccccc3)[C@H]2S1. The van der Waals surface area contributed by atoms with Crippen LogP contribution in [0.5, 0.6) is 0 Å². The summed E-state index contributed by atoms with van der Waals surface area (Å²) in [6, 6.07) is 9.32. The van der Waals surface area contributed by atoms with Crippen molar-refractivity contribution in [1.82, 2.24) is 10.2 Å². The Morgan fingerprint density at radius 3 is 2.74 bits per heavy atom. The molecule has 0 spiro atoms. The van der Waals surface area contributed by atoms with Crippen molar-refractivity contribution in [3.05, 3.63) is 47.7 Å². The summed E-state index contributed by atoms with van der Waals surface area (Å²) in [7, 11) is 0. The first kappa shape index (κ1) is 16.0. The van der Waals surface area contributed by atoms with E-state index in [9.17, 15) is 14.7 Å². The maximum atomic E-state index is 12.3. The summed E-state index contributed by atoms with van der Waals surface area (Å²) >= 11 is 6.91. The fourth-order valence-corrected chi connectivity index (χ4v) is 4.36. The third-order valence-corrected chi connectivity index (χ3v) is 5.38. The molecule has 3 rings (SSSR count). The molecule has 1 aromatic carbocycles. The molecule has 2 unspecified atom stereocenters. The second kappa shape index (κ2) is 6.33. The van der Waals surface area contributed by atoms with Gasteiger partial charge in [-0.05, 0) is 18.6 Å². The van der Waals surface area contributed by atoms with Crippen LogP contribution < -0.4 is 5.32 Å². The van der Waals surface area contributed by atoms with E-state index in [0.29, 0.717) is 11.4 Å². The van der Waals surface area contributed by atoms with Gasteiger partial charge in [-0.3, -0.25) is 9.69 Å². The van der Waals surface area contributed by atoms with Crippen LogP contribution in [-0.4, -0.2) is 43.5 Å². The van der Waals surface area contributed by atoms with Crippen molar-refractivity contribution in [3.63, 3.8) is 0 Å². The van der Waals surface area contributed by atoms with Crippen molar-refractivity contribution >= 4 is 40.8 Å². The molecule has 1 amide bonds. The molecule has 2 heterocycles. The Kier molecular flexibility index (Phi) is 4.41. The van der Waals surface area contributed by atoms with E-state index in [1.807, 2.05) is 37.3 Å². The zero-order valence-corrected chi connectivity index (χ0v) is 14.1. The number of amides is 1. The highest BCUT2D eigenvalue weighted by molar-refractivity contribution is 8.00. The van der Waals surface area contributed by atoms with Crippen molar-refractivity contribution < 1.29 is 14.7 Å². The number of hydrogen-bond acceptors (Lipinski definition) is 4. The number of rotatable bonds is 4. The van der Waals surface area contributed by atoms with Crippen LogP contribution in [-0.2, 0) is 16.0 Å². The summed E-state index contributed by atoms with van der Waals surface area (Å²) in [6.45, 7) is 1.92. The van der Waals surface area contributed by atoms with Gasteiger partial charge in [-0.15, -0.1) is 11.8 Å². The molecule has 120 valence electrons. The monoisotopic (exact) mass is 348 g/mol. The van der Waals surface area contributed by atoms with Gasteiger partial charge in [0.15, 0.2) is 0 Å². The lowest BCUT2D eigenvalue weighted by Crippen LogP contribution is -2.70. The molecule has 23 heavy (non-hydrogen) atoms. The van der Waals surface area contributed by atoms with Gasteiger partial charge in [0.1, 0.15) is 17.1 Å². The van der Waals surface area contributed by atoms with Crippen LogP contribution in [0.15, 0.2) is 42.1 Å². The van der Waals surface area contributed by atoms with Crippen LogP contribution in [0.3, 0.4) is 0 Å². The second-order valence-corrected chi connectivity index (χ2v) is 7.50. The van der Waals surface area contributed by atoms with Gasteiger partial charge in [0.25, 0.3) is 5.91 Å². The molecule has 7 heteroatoms. The first-order valence-electron chi connectivity index (χ1n) is 7.24. The molecule has 0 saturated carbocycles. The molecule has 2 aliphatic rings. The molecule has 2 N–H and O–H groups in total. The van der Waals surface area contributed by atoms with Crippen LogP contribution in [0, 0.1) is 0 Å². The van der Waals surface area contributed by atoms with Crippen LogP contribution in [0.25, 0.3) is 0 Å². The normalized spacial score (nSPS) is 26.0. The predicted octanol–water partition coefficient (Wildman–Crippen LogP) is 1.79. The number of nitrogens with zero attached hydrogens (tertiary/aromatic N) is 1. The Hall–Kier alpha value is -1.86. The number of hydrogen-bond donors (Lipinski definition) is 2. The number of benzene rings is 1. The molecule has 1 fully saturated rings. The fraction of sp³-hybridized carbons (Fsp3) is 0.312. The van der Waals surface area contributed by atoms with Crippen molar-refractivity contribution in [2.75, 3.05) is 0 Å². The van der Waals surface area contributed by atoms with Crippen molar-refractivity contribution in [1.29, 1.82) is 0 Å². The van der Waals surface area contributed by atoms with E-state index < -0.39 is 12.0 Å². The second-order valence-electron chi connectivity index (χ2n) is 5.50. The third kappa shape index (κ3) is 3.11. The summed E-state index contributed by atoms with van der Waals surface area (Å²) in [5.74, 6) is -1.31. The maximum absolute atomic E-state index is 12.3. The highest BCUT2D eigenvalue weighted by Crippen LogP contribution is 2.40. The zero-order valence-electron chi connectivity index (χ0n) is 12.4. The van der Waals surface area contributed by atoms with Gasteiger partial charge >= 0.3 is 5.97 Å². The van der Waals surface area contributed by atoms with Crippen LogP contribution >= 0.6 is 24.0 Å². The molecule has 2 aliphatic heterocycles. The first-order valence-corrected chi connectivity index (χ1v) is 8.59. The quantitative estimate of drug-likeness (QED) is 0.639. The van der Waals surface area contributed by atoms with Crippen LogP contribution in [0.1, 0.15) is 12.5 Å². The Bertz CT molecular complexity index is 690. The number of fused-ring (bicyclic) bond motifs is 1. The lowest BCUT2D eigenvalue weighted by Gasteiger charge is -2.49. The highest BCUT2D eigenvalue weighted by Gasteiger charge is 2.53. The largest absolute Gasteiger partial charge is 0.477 e. The van der Waals surface area contributed by atoms with Crippen molar-refractivity contribution in [2.24, 2.45) is 0 Å². The Labute approximate surface area is 143 Å². The smallest absolute Gasteiger partial charge is 0.352 e. The van der Waals surface area contributed by atoms with Gasteiger partial charge in [-0.1, -0.05) is 42.5 Å². The molecular weight excluding hydrogens is 332 g/mol. The lowest BCUT2D eigenvalue weighted by molar-refractivity contribution is -0.148. The first-order chi connectivity index (χ1) is 11.0. The number of nitrogens with one attached hydrogen (secondary N) is 1. The molecule has 0 aromatic heterocycles.